The van der Waals surface area contributed by atoms with Gasteiger partial charge in [0.1, 0.15) is 5.75 Å². The molecule has 2 nitrogen and oxygen atoms in total. The van der Waals surface area contributed by atoms with E-state index in [9.17, 15) is 8.78 Å². The molecule has 1 aliphatic carbocycles. The molecule has 118 valence electrons. The van der Waals surface area contributed by atoms with Crippen LogP contribution in [0.5, 0.6) is 5.75 Å². The van der Waals surface area contributed by atoms with Gasteiger partial charge in [0.15, 0.2) is 0 Å². The first kappa shape index (κ1) is 16.6. The highest BCUT2D eigenvalue weighted by atomic mass is 32.2. The zero-order valence-electron chi connectivity index (χ0n) is 12.4. The lowest BCUT2D eigenvalue weighted by molar-refractivity contribution is -0.0498. The molecule has 21 heavy (non-hydrogen) atoms. The highest BCUT2D eigenvalue weighted by Crippen LogP contribution is 2.37. The first-order valence-corrected chi connectivity index (χ1v) is 8.66. The van der Waals surface area contributed by atoms with Crippen LogP contribution in [0.25, 0.3) is 0 Å². The van der Waals surface area contributed by atoms with Crippen molar-refractivity contribution in [2.24, 2.45) is 0 Å². The molecule has 0 aliphatic heterocycles. The second-order valence-corrected chi connectivity index (χ2v) is 6.85. The minimum absolute atomic E-state index is 0.210. The zero-order valence-corrected chi connectivity index (χ0v) is 13.2. The first-order chi connectivity index (χ1) is 10.1. The van der Waals surface area contributed by atoms with Gasteiger partial charge in [-0.15, -0.1) is 0 Å². The molecule has 0 aromatic heterocycles. The summed E-state index contributed by atoms with van der Waals surface area (Å²) < 4.78 is 28.9. The maximum Gasteiger partial charge on any atom is 0.387 e. The summed E-state index contributed by atoms with van der Waals surface area (Å²) in [7, 11) is 0. The van der Waals surface area contributed by atoms with Gasteiger partial charge in [-0.3, -0.25) is 0 Å². The second-order valence-electron chi connectivity index (χ2n) is 5.57. The molecule has 5 heteroatoms. The van der Waals surface area contributed by atoms with Crippen molar-refractivity contribution in [3.63, 3.8) is 0 Å². The molecule has 1 N–H and O–H groups in total. The highest BCUT2D eigenvalue weighted by molar-refractivity contribution is 8.00. The topological polar surface area (TPSA) is 21.3 Å². The molecule has 1 aliphatic rings. The van der Waals surface area contributed by atoms with Crippen LogP contribution in [0.2, 0.25) is 0 Å². The third kappa shape index (κ3) is 5.15. The summed E-state index contributed by atoms with van der Waals surface area (Å²) in [6.45, 7) is -0.998. The summed E-state index contributed by atoms with van der Waals surface area (Å²) >= 11 is 1.97. The standard InChI is InChI=1S/C16H23F2NOS/c1-21-16(9-3-2-4-10-16)12-19-11-13-5-7-14(8-6-13)20-15(17)18/h5-8,15,19H,2-4,9-12H2,1H3. The smallest absolute Gasteiger partial charge is 0.387 e. The Balaban J connectivity index is 1.79. The Bertz CT molecular complexity index is 419. The molecule has 0 spiro atoms. The van der Waals surface area contributed by atoms with Gasteiger partial charge in [-0.1, -0.05) is 31.4 Å². The van der Waals surface area contributed by atoms with Crippen LogP contribution in [-0.4, -0.2) is 24.2 Å². The van der Waals surface area contributed by atoms with Gasteiger partial charge in [0.2, 0.25) is 0 Å². The summed E-state index contributed by atoms with van der Waals surface area (Å²) in [6.07, 6.45) is 8.76. The minimum Gasteiger partial charge on any atom is -0.435 e. The van der Waals surface area contributed by atoms with Crippen molar-refractivity contribution in [3.05, 3.63) is 29.8 Å². The van der Waals surface area contributed by atoms with E-state index in [1.165, 1.54) is 32.1 Å². The second kappa shape index (κ2) is 7.99. The third-order valence-electron chi connectivity index (χ3n) is 4.12. The number of rotatable bonds is 7. The maximum absolute atomic E-state index is 12.1. The molecule has 0 bridgehead atoms. The van der Waals surface area contributed by atoms with Gasteiger partial charge in [0.05, 0.1) is 0 Å². The number of ether oxygens (including phenoxy) is 1. The van der Waals surface area contributed by atoms with Crippen LogP contribution in [0.3, 0.4) is 0 Å². The number of thioether (sulfide) groups is 1. The van der Waals surface area contributed by atoms with Gasteiger partial charge in [0, 0.05) is 17.8 Å². The summed E-state index contributed by atoms with van der Waals surface area (Å²) in [4.78, 5) is 0. The highest BCUT2D eigenvalue weighted by Gasteiger charge is 2.30. The summed E-state index contributed by atoms with van der Waals surface area (Å²) in [5.74, 6) is 0.210. The molecule has 0 radical (unpaired) electrons. The van der Waals surface area contributed by atoms with Crippen LogP contribution in [0.1, 0.15) is 37.7 Å². The van der Waals surface area contributed by atoms with Gasteiger partial charge in [0.25, 0.3) is 0 Å². The Morgan fingerprint density at radius 2 is 1.86 bits per heavy atom. The third-order valence-corrected chi connectivity index (χ3v) is 5.54. The number of hydrogen-bond donors (Lipinski definition) is 1. The van der Waals surface area contributed by atoms with Crippen molar-refractivity contribution < 1.29 is 13.5 Å². The van der Waals surface area contributed by atoms with Crippen LogP contribution in [0, 0.1) is 0 Å². The first-order valence-electron chi connectivity index (χ1n) is 7.43. The molecular formula is C16H23F2NOS. The maximum atomic E-state index is 12.1. The molecule has 1 aromatic rings. The molecule has 1 aromatic carbocycles. The Morgan fingerprint density at radius 1 is 1.19 bits per heavy atom. The molecular weight excluding hydrogens is 292 g/mol. The predicted octanol–water partition coefficient (Wildman–Crippen LogP) is 4.44. The quantitative estimate of drug-likeness (QED) is 0.803. The van der Waals surface area contributed by atoms with E-state index in [0.29, 0.717) is 4.75 Å². The van der Waals surface area contributed by atoms with E-state index in [2.05, 4.69) is 16.3 Å². The molecule has 0 unspecified atom stereocenters. The Hall–Kier alpha value is -0.810. The number of nitrogens with one attached hydrogen (secondary N) is 1. The number of alkyl halides is 2. The largest absolute Gasteiger partial charge is 0.435 e. The lowest BCUT2D eigenvalue weighted by Gasteiger charge is -2.36. The average Bonchev–Trinajstić information content (AvgIpc) is 2.49. The van der Waals surface area contributed by atoms with E-state index >= 15 is 0 Å². The van der Waals surface area contributed by atoms with Crippen molar-refractivity contribution in [1.82, 2.24) is 5.32 Å². The van der Waals surface area contributed by atoms with Gasteiger partial charge in [-0.25, -0.2) is 0 Å². The molecule has 0 saturated heterocycles. The van der Waals surface area contributed by atoms with E-state index in [1.807, 2.05) is 23.9 Å². The molecule has 1 saturated carbocycles. The average molecular weight is 315 g/mol. The summed E-state index contributed by atoms with van der Waals surface area (Å²) in [5.41, 5.74) is 1.09. The monoisotopic (exact) mass is 315 g/mol. The van der Waals surface area contributed by atoms with Gasteiger partial charge < -0.3 is 10.1 Å². The Morgan fingerprint density at radius 3 is 2.43 bits per heavy atom. The fraction of sp³-hybridized carbons (Fsp3) is 0.625. The summed E-state index contributed by atoms with van der Waals surface area (Å²) in [6, 6.07) is 6.84. The number of hydrogen-bond acceptors (Lipinski definition) is 3. The van der Waals surface area contributed by atoms with E-state index in [0.717, 1.165) is 18.7 Å². The van der Waals surface area contributed by atoms with E-state index in [1.54, 1.807) is 12.1 Å². The van der Waals surface area contributed by atoms with Crippen LogP contribution in [0.15, 0.2) is 24.3 Å². The van der Waals surface area contributed by atoms with E-state index in [-0.39, 0.29) is 5.75 Å². The van der Waals surface area contributed by atoms with Crippen LogP contribution < -0.4 is 10.1 Å². The summed E-state index contributed by atoms with van der Waals surface area (Å²) in [5, 5.41) is 3.51. The van der Waals surface area contributed by atoms with Gasteiger partial charge in [-0.2, -0.15) is 20.5 Å². The molecule has 1 fully saturated rings. The predicted molar refractivity (Wildman–Crippen MR) is 84.1 cm³/mol. The van der Waals surface area contributed by atoms with Crippen LogP contribution in [0.4, 0.5) is 8.78 Å². The Kier molecular flexibility index (Phi) is 6.30. The number of halogens is 2. The molecule has 0 heterocycles. The Labute approximate surface area is 129 Å². The van der Waals surface area contributed by atoms with Gasteiger partial charge in [-0.05, 0) is 36.8 Å². The molecule has 2 rings (SSSR count). The zero-order chi connectivity index (χ0) is 15.1. The molecule has 0 amide bonds. The number of benzene rings is 1. The molecule has 0 atom stereocenters. The lowest BCUT2D eigenvalue weighted by atomic mass is 9.88. The fourth-order valence-corrected chi connectivity index (χ4v) is 3.82. The van der Waals surface area contributed by atoms with Crippen molar-refractivity contribution in [2.75, 3.05) is 12.8 Å². The van der Waals surface area contributed by atoms with Crippen molar-refractivity contribution in [2.45, 2.75) is 50.0 Å². The minimum atomic E-state index is -2.76. The van der Waals surface area contributed by atoms with E-state index < -0.39 is 6.61 Å². The van der Waals surface area contributed by atoms with Crippen molar-refractivity contribution >= 4 is 11.8 Å². The van der Waals surface area contributed by atoms with Crippen LogP contribution in [-0.2, 0) is 6.54 Å². The van der Waals surface area contributed by atoms with Crippen molar-refractivity contribution in [1.29, 1.82) is 0 Å². The SMILES string of the molecule is CSC1(CNCc2ccc(OC(F)F)cc2)CCCCC1. The van der Waals surface area contributed by atoms with Crippen molar-refractivity contribution in [3.8, 4) is 5.75 Å². The fourth-order valence-electron chi connectivity index (χ4n) is 2.87. The normalized spacial score (nSPS) is 17.9. The van der Waals surface area contributed by atoms with Crippen LogP contribution >= 0.6 is 11.8 Å². The van der Waals surface area contributed by atoms with E-state index in [4.69, 9.17) is 0 Å². The lowest BCUT2D eigenvalue weighted by Crippen LogP contribution is -2.39. The van der Waals surface area contributed by atoms with Gasteiger partial charge >= 0.3 is 6.61 Å².